The summed E-state index contributed by atoms with van der Waals surface area (Å²) in [6.45, 7) is 6.42. The van der Waals surface area contributed by atoms with E-state index in [1.807, 2.05) is 54.6 Å². The lowest BCUT2D eigenvalue weighted by Crippen LogP contribution is -2.12. The van der Waals surface area contributed by atoms with Gasteiger partial charge < -0.3 is 4.74 Å². The highest BCUT2D eigenvalue weighted by Crippen LogP contribution is 2.22. The Balaban J connectivity index is 1.58. The molecule has 1 N–H and O–H groups in total. The van der Waals surface area contributed by atoms with Crippen molar-refractivity contribution in [2.45, 2.75) is 26.2 Å². The molecule has 0 unspecified atom stereocenters. The molecule has 4 heteroatoms. The lowest BCUT2D eigenvalue weighted by molar-refractivity contribution is 0.0734. The Morgan fingerprint density at radius 3 is 2.14 bits per heavy atom. The third-order valence-electron chi connectivity index (χ3n) is 4.26. The van der Waals surface area contributed by atoms with Crippen LogP contribution in [0.25, 0.3) is 0 Å². The smallest absolute Gasteiger partial charge is 0.343 e. The van der Waals surface area contributed by atoms with Crippen molar-refractivity contribution in [3.8, 4) is 5.75 Å². The molecule has 0 saturated heterocycles. The first-order chi connectivity index (χ1) is 13.4. The summed E-state index contributed by atoms with van der Waals surface area (Å²) in [4.78, 5) is 12.3. The number of nitrogens with zero attached hydrogens (tertiary/aromatic N) is 1. The van der Waals surface area contributed by atoms with Crippen molar-refractivity contribution in [1.29, 1.82) is 0 Å². The van der Waals surface area contributed by atoms with Crippen molar-refractivity contribution in [2.75, 3.05) is 5.43 Å². The molecule has 0 radical (unpaired) electrons. The van der Waals surface area contributed by atoms with E-state index in [-0.39, 0.29) is 11.4 Å². The Bertz CT molecular complexity index is 939. The fourth-order valence-corrected chi connectivity index (χ4v) is 2.59. The molecule has 0 saturated carbocycles. The summed E-state index contributed by atoms with van der Waals surface area (Å²) in [5.74, 6) is 0.130. The molecule has 0 amide bonds. The van der Waals surface area contributed by atoms with Gasteiger partial charge in [-0.15, -0.1) is 0 Å². The van der Waals surface area contributed by atoms with Crippen LogP contribution in [0.2, 0.25) is 0 Å². The van der Waals surface area contributed by atoms with E-state index in [0.29, 0.717) is 11.3 Å². The van der Waals surface area contributed by atoms with Crippen LogP contribution < -0.4 is 10.2 Å². The van der Waals surface area contributed by atoms with Crippen LogP contribution in [-0.4, -0.2) is 12.2 Å². The average molecular weight is 372 g/mol. The third-order valence-corrected chi connectivity index (χ3v) is 4.26. The number of hydrogen-bond donors (Lipinski definition) is 1. The number of para-hydroxylation sites is 1. The van der Waals surface area contributed by atoms with E-state index >= 15 is 0 Å². The lowest BCUT2D eigenvalue weighted by atomic mass is 9.87. The van der Waals surface area contributed by atoms with Gasteiger partial charge in [-0.05, 0) is 65.1 Å². The molecule has 0 bridgehead atoms. The van der Waals surface area contributed by atoms with E-state index < -0.39 is 0 Å². The van der Waals surface area contributed by atoms with Crippen LogP contribution in [0.5, 0.6) is 5.75 Å². The van der Waals surface area contributed by atoms with Crippen LogP contribution in [0.1, 0.15) is 42.3 Å². The minimum Gasteiger partial charge on any atom is -0.423 e. The lowest BCUT2D eigenvalue weighted by Gasteiger charge is -2.18. The van der Waals surface area contributed by atoms with Gasteiger partial charge >= 0.3 is 5.97 Å². The number of carbonyl (C=O) groups is 1. The van der Waals surface area contributed by atoms with Gasteiger partial charge in [0.25, 0.3) is 0 Å². The number of ether oxygens (including phenoxy) is 1. The van der Waals surface area contributed by atoms with E-state index in [1.165, 1.54) is 5.56 Å². The van der Waals surface area contributed by atoms with Crippen molar-refractivity contribution in [1.82, 2.24) is 0 Å². The SMILES string of the molecule is CC(C)(C)c1ccc(C(=O)Oc2ccc(/C=N\Nc3ccccc3)cc2)cc1. The molecule has 0 aliphatic carbocycles. The molecule has 4 nitrogen and oxygen atoms in total. The molecule has 0 aliphatic rings. The second kappa shape index (κ2) is 8.53. The maximum atomic E-state index is 12.3. The summed E-state index contributed by atoms with van der Waals surface area (Å²) in [6.07, 6.45) is 1.71. The summed E-state index contributed by atoms with van der Waals surface area (Å²) >= 11 is 0. The summed E-state index contributed by atoms with van der Waals surface area (Å²) < 4.78 is 5.46. The average Bonchev–Trinajstić information content (AvgIpc) is 2.69. The van der Waals surface area contributed by atoms with E-state index in [0.717, 1.165) is 11.3 Å². The largest absolute Gasteiger partial charge is 0.423 e. The molecule has 0 heterocycles. The summed E-state index contributed by atoms with van der Waals surface area (Å²) in [5, 5.41) is 4.20. The van der Waals surface area contributed by atoms with Gasteiger partial charge in [0.05, 0.1) is 17.5 Å². The fourth-order valence-electron chi connectivity index (χ4n) is 2.59. The molecule has 142 valence electrons. The Morgan fingerprint density at radius 2 is 1.54 bits per heavy atom. The monoisotopic (exact) mass is 372 g/mol. The maximum absolute atomic E-state index is 12.3. The molecule has 0 atom stereocenters. The van der Waals surface area contributed by atoms with E-state index in [9.17, 15) is 4.79 Å². The van der Waals surface area contributed by atoms with E-state index in [4.69, 9.17) is 4.74 Å². The molecular weight excluding hydrogens is 348 g/mol. The molecule has 3 rings (SSSR count). The number of rotatable bonds is 5. The van der Waals surface area contributed by atoms with Gasteiger partial charge in [-0.3, -0.25) is 5.43 Å². The second-order valence-corrected chi connectivity index (χ2v) is 7.52. The predicted molar refractivity (Wildman–Crippen MR) is 114 cm³/mol. The number of hydrogen-bond acceptors (Lipinski definition) is 4. The van der Waals surface area contributed by atoms with E-state index in [1.54, 1.807) is 30.5 Å². The van der Waals surface area contributed by atoms with Gasteiger partial charge in [0.2, 0.25) is 0 Å². The predicted octanol–water partition coefficient (Wildman–Crippen LogP) is 5.65. The Kier molecular flexibility index (Phi) is 5.90. The van der Waals surface area contributed by atoms with Gasteiger partial charge in [0.1, 0.15) is 5.75 Å². The molecule has 0 aromatic heterocycles. The van der Waals surface area contributed by atoms with Crippen molar-refractivity contribution in [3.05, 3.63) is 95.6 Å². The molecule has 0 aliphatic heterocycles. The second-order valence-electron chi connectivity index (χ2n) is 7.52. The zero-order chi connectivity index (χ0) is 20.0. The number of hydrazone groups is 1. The Morgan fingerprint density at radius 1 is 0.893 bits per heavy atom. The quantitative estimate of drug-likeness (QED) is 0.272. The van der Waals surface area contributed by atoms with Gasteiger partial charge in [-0.25, -0.2) is 4.79 Å². The molecule has 0 spiro atoms. The molecule has 3 aromatic carbocycles. The van der Waals surface area contributed by atoms with Gasteiger partial charge in [0, 0.05) is 0 Å². The molecule has 0 fully saturated rings. The normalized spacial score (nSPS) is 11.4. The van der Waals surface area contributed by atoms with Crippen molar-refractivity contribution >= 4 is 17.9 Å². The van der Waals surface area contributed by atoms with Crippen LogP contribution in [0.4, 0.5) is 5.69 Å². The van der Waals surface area contributed by atoms with Gasteiger partial charge in [-0.2, -0.15) is 5.10 Å². The standard InChI is InChI=1S/C24H24N2O2/c1-24(2,3)20-13-11-19(12-14-20)23(27)28-22-15-9-18(10-16-22)17-25-26-21-7-5-4-6-8-21/h4-17,26H,1-3H3/b25-17-. The van der Waals surface area contributed by atoms with Crippen LogP contribution >= 0.6 is 0 Å². The Hall–Kier alpha value is -3.40. The first-order valence-corrected chi connectivity index (χ1v) is 9.19. The van der Waals surface area contributed by atoms with Gasteiger partial charge in [0.15, 0.2) is 0 Å². The first kappa shape index (κ1) is 19.4. The highest BCUT2D eigenvalue weighted by atomic mass is 16.5. The molecular formula is C24H24N2O2. The maximum Gasteiger partial charge on any atom is 0.343 e. The zero-order valence-corrected chi connectivity index (χ0v) is 16.3. The van der Waals surface area contributed by atoms with Crippen LogP contribution in [0.15, 0.2) is 84.0 Å². The van der Waals surface area contributed by atoms with Crippen molar-refractivity contribution in [2.24, 2.45) is 5.10 Å². The summed E-state index contributed by atoms with van der Waals surface area (Å²) in [7, 11) is 0. The number of anilines is 1. The number of esters is 1. The van der Waals surface area contributed by atoms with E-state index in [2.05, 4.69) is 31.3 Å². The minimum absolute atomic E-state index is 0.0508. The van der Waals surface area contributed by atoms with Crippen molar-refractivity contribution in [3.63, 3.8) is 0 Å². The van der Waals surface area contributed by atoms with Crippen LogP contribution in [-0.2, 0) is 5.41 Å². The number of nitrogens with one attached hydrogen (secondary N) is 1. The minimum atomic E-state index is -0.368. The summed E-state index contributed by atoms with van der Waals surface area (Å²) in [6, 6.07) is 24.5. The topological polar surface area (TPSA) is 50.7 Å². The molecule has 3 aromatic rings. The van der Waals surface area contributed by atoms with Crippen molar-refractivity contribution < 1.29 is 9.53 Å². The zero-order valence-electron chi connectivity index (χ0n) is 16.3. The molecule has 28 heavy (non-hydrogen) atoms. The first-order valence-electron chi connectivity index (χ1n) is 9.19. The number of carbonyl (C=O) groups excluding carboxylic acids is 1. The highest BCUT2D eigenvalue weighted by molar-refractivity contribution is 5.91. The summed E-state index contributed by atoms with van der Waals surface area (Å²) in [5.41, 5.74) is 6.54. The van der Waals surface area contributed by atoms with Crippen LogP contribution in [0.3, 0.4) is 0 Å². The highest BCUT2D eigenvalue weighted by Gasteiger charge is 2.15. The number of benzene rings is 3. The Labute approximate surface area is 165 Å². The van der Waals surface area contributed by atoms with Gasteiger partial charge in [-0.1, -0.05) is 51.1 Å². The fraction of sp³-hybridized carbons (Fsp3) is 0.167. The third kappa shape index (κ3) is 5.30. The van der Waals surface area contributed by atoms with Crippen LogP contribution in [0, 0.1) is 0 Å².